The molecule has 2 heterocycles. The average Bonchev–Trinajstić information content (AvgIpc) is 2.70. The van der Waals surface area contributed by atoms with Crippen LogP contribution in [-0.4, -0.2) is 34.3 Å². The van der Waals surface area contributed by atoms with Crippen LogP contribution >= 0.6 is 15.9 Å². The van der Waals surface area contributed by atoms with Crippen LogP contribution < -0.4 is 0 Å². The summed E-state index contributed by atoms with van der Waals surface area (Å²) >= 11 is 3.39. The van der Waals surface area contributed by atoms with Gasteiger partial charge >= 0.3 is 5.97 Å². The quantitative estimate of drug-likeness (QED) is 0.902. The fourth-order valence-corrected chi connectivity index (χ4v) is 2.51. The van der Waals surface area contributed by atoms with Crippen molar-refractivity contribution in [3.63, 3.8) is 0 Å². The summed E-state index contributed by atoms with van der Waals surface area (Å²) in [5.74, 6) is -0.438. The Morgan fingerprint density at radius 1 is 1.40 bits per heavy atom. The van der Waals surface area contributed by atoms with Crippen LogP contribution in [0.15, 0.2) is 28.7 Å². The van der Waals surface area contributed by atoms with E-state index in [1.165, 1.54) is 0 Å². The van der Waals surface area contributed by atoms with Gasteiger partial charge in [0.15, 0.2) is 5.41 Å². The Morgan fingerprint density at radius 3 is 2.55 bits per heavy atom. The lowest BCUT2D eigenvalue weighted by Crippen LogP contribution is -2.53. The van der Waals surface area contributed by atoms with Gasteiger partial charge in [-0.1, -0.05) is 28.1 Å². The zero-order valence-corrected chi connectivity index (χ0v) is 12.4. The molecule has 1 aliphatic heterocycles. The number of aliphatic carboxylic acids is 1. The van der Waals surface area contributed by atoms with Crippen LogP contribution in [0.4, 0.5) is 0 Å². The summed E-state index contributed by atoms with van der Waals surface area (Å²) in [4.78, 5) is 19.1. The third kappa shape index (κ3) is 1.96. The zero-order valence-electron chi connectivity index (χ0n) is 10.8. The van der Waals surface area contributed by atoms with Gasteiger partial charge in [0.05, 0.1) is 18.9 Å². The van der Waals surface area contributed by atoms with E-state index in [1.807, 2.05) is 31.2 Å². The second kappa shape index (κ2) is 4.71. The summed E-state index contributed by atoms with van der Waals surface area (Å²) in [6, 6.07) is 7.76. The number of H-pyrrole nitrogens is 1. The standard InChI is InChI=1S/C14H13BrN2O3/c1-8-11(9-2-4-10(15)5-3-9)17-12(16-8)14(13(18)19)6-20-7-14/h2-5H,6-7H2,1H3,(H,16,17)(H,18,19). The first-order valence-corrected chi connectivity index (χ1v) is 6.96. The maximum absolute atomic E-state index is 11.5. The molecule has 5 nitrogen and oxygen atoms in total. The van der Waals surface area contributed by atoms with E-state index in [4.69, 9.17) is 4.74 Å². The number of hydrogen-bond donors (Lipinski definition) is 2. The van der Waals surface area contributed by atoms with Crippen molar-refractivity contribution in [3.05, 3.63) is 40.3 Å². The fourth-order valence-electron chi connectivity index (χ4n) is 2.24. The highest BCUT2D eigenvalue weighted by atomic mass is 79.9. The summed E-state index contributed by atoms with van der Waals surface area (Å²) in [7, 11) is 0. The molecule has 0 unspecified atom stereocenters. The second-order valence-corrected chi connectivity index (χ2v) is 5.86. The Hall–Kier alpha value is -1.66. The van der Waals surface area contributed by atoms with Crippen LogP contribution in [0.25, 0.3) is 11.3 Å². The first-order valence-electron chi connectivity index (χ1n) is 6.17. The van der Waals surface area contributed by atoms with Crippen molar-refractivity contribution in [2.45, 2.75) is 12.3 Å². The molecule has 1 aliphatic rings. The van der Waals surface area contributed by atoms with Gasteiger partial charge in [0.25, 0.3) is 0 Å². The summed E-state index contributed by atoms with van der Waals surface area (Å²) < 4.78 is 6.07. The number of carbonyl (C=O) groups is 1. The van der Waals surface area contributed by atoms with Crippen LogP contribution in [-0.2, 0) is 14.9 Å². The predicted octanol–water partition coefficient (Wildman–Crippen LogP) is 2.50. The molecule has 0 aliphatic carbocycles. The number of nitrogens with one attached hydrogen (secondary N) is 1. The van der Waals surface area contributed by atoms with Gasteiger partial charge in [-0.25, -0.2) is 4.98 Å². The van der Waals surface area contributed by atoms with Crippen molar-refractivity contribution in [2.75, 3.05) is 13.2 Å². The molecule has 1 aromatic heterocycles. The molecule has 104 valence electrons. The molecule has 1 aromatic carbocycles. The monoisotopic (exact) mass is 336 g/mol. The molecule has 6 heteroatoms. The number of benzene rings is 1. The zero-order chi connectivity index (χ0) is 14.3. The molecule has 1 fully saturated rings. The van der Waals surface area contributed by atoms with Crippen LogP contribution in [0.3, 0.4) is 0 Å². The first-order chi connectivity index (χ1) is 9.53. The van der Waals surface area contributed by atoms with E-state index in [9.17, 15) is 9.90 Å². The largest absolute Gasteiger partial charge is 0.480 e. The third-order valence-electron chi connectivity index (χ3n) is 3.56. The van der Waals surface area contributed by atoms with E-state index in [0.29, 0.717) is 5.82 Å². The van der Waals surface area contributed by atoms with E-state index in [-0.39, 0.29) is 13.2 Å². The number of aryl methyl sites for hydroxylation is 1. The molecule has 0 spiro atoms. The highest BCUT2D eigenvalue weighted by Crippen LogP contribution is 2.33. The number of aromatic nitrogens is 2. The number of imidazole rings is 1. The number of halogens is 1. The van der Waals surface area contributed by atoms with E-state index >= 15 is 0 Å². The van der Waals surface area contributed by atoms with Crippen molar-refractivity contribution >= 4 is 21.9 Å². The van der Waals surface area contributed by atoms with E-state index < -0.39 is 11.4 Å². The number of carboxylic acid groups (broad SMARTS) is 1. The molecule has 3 rings (SSSR count). The van der Waals surface area contributed by atoms with Crippen LogP contribution in [0.2, 0.25) is 0 Å². The minimum absolute atomic E-state index is 0.162. The van der Waals surface area contributed by atoms with Gasteiger partial charge in [0.2, 0.25) is 0 Å². The maximum Gasteiger partial charge on any atom is 0.322 e. The smallest absolute Gasteiger partial charge is 0.322 e. The Bertz CT molecular complexity index is 660. The summed E-state index contributed by atoms with van der Waals surface area (Å²) in [6.07, 6.45) is 0. The summed E-state index contributed by atoms with van der Waals surface area (Å²) in [5, 5.41) is 9.40. The lowest BCUT2D eigenvalue weighted by atomic mass is 9.85. The van der Waals surface area contributed by atoms with Gasteiger partial charge in [-0.15, -0.1) is 0 Å². The highest BCUT2D eigenvalue weighted by molar-refractivity contribution is 9.10. The lowest BCUT2D eigenvalue weighted by molar-refractivity contribution is -0.163. The lowest BCUT2D eigenvalue weighted by Gasteiger charge is -2.35. The number of nitrogens with zero attached hydrogens (tertiary/aromatic N) is 1. The summed E-state index contributed by atoms with van der Waals surface area (Å²) in [5.41, 5.74) is 1.56. The second-order valence-electron chi connectivity index (χ2n) is 4.95. The topological polar surface area (TPSA) is 75.2 Å². The van der Waals surface area contributed by atoms with Crippen LogP contribution in [0.5, 0.6) is 0 Å². The SMILES string of the molecule is Cc1[nH]c(C2(C(=O)O)COC2)nc1-c1ccc(Br)cc1. The van der Waals surface area contributed by atoms with Gasteiger partial charge in [-0.2, -0.15) is 0 Å². The Morgan fingerprint density at radius 2 is 2.05 bits per heavy atom. The molecule has 1 saturated heterocycles. The Labute approximate surface area is 124 Å². The molecule has 20 heavy (non-hydrogen) atoms. The Kier molecular flexibility index (Phi) is 3.14. The van der Waals surface area contributed by atoms with Crippen molar-refractivity contribution in [3.8, 4) is 11.3 Å². The number of ether oxygens (including phenoxy) is 1. The molecule has 0 atom stereocenters. The number of aromatic amines is 1. The van der Waals surface area contributed by atoms with Crippen molar-refractivity contribution < 1.29 is 14.6 Å². The first kappa shape index (κ1) is 13.3. The highest BCUT2D eigenvalue weighted by Gasteiger charge is 2.50. The number of rotatable bonds is 3. The fraction of sp³-hybridized carbons (Fsp3) is 0.286. The summed E-state index contributed by atoms with van der Waals surface area (Å²) in [6.45, 7) is 2.22. The molecule has 2 N–H and O–H groups in total. The van der Waals surface area contributed by atoms with Crippen molar-refractivity contribution in [1.82, 2.24) is 9.97 Å². The third-order valence-corrected chi connectivity index (χ3v) is 4.09. The predicted molar refractivity (Wildman–Crippen MR) is 76.6 cm³/mol. The van der Waals surface area contributed by atoms with Gasteiger partial charge in [0.1, 0.15) is 5.82 Å². The minimum atomic E-state index is -1.03. The molecule has 2 aromatic rings. The van der Waals surface area contributed by atoms with Gasteiger partial charge in [-0.05, 0) is 19.1 Å². The molecule has 0 saturated carbocycles. The molecule has 0 amide bonds. The maximum atomic E-state index is 11.5. The van der Waals surface area contributed by atoms with E-state index in [1.54, 1.807) is 0 Å². The molecule has 0 bridgehead atoms. The molecule has 0 radical (unpaired) electrons. The minimum Gasteiger partial charge on any atom is -0.480 e. The Balaban J connectivity index is 2.03. The van der Waals surface area contributed by atoms with Gasteiger partial charge in [0, 0.05) is 15.7 Å². The number of hydrogen-bond acceptors (Lipinski definition) is 3. The number of carboxylic acids is 1. The van der Waals surface area contributed by atoms with Gasteiger partial charge < -0.3 is 14.8 Å². The van der Waals surface area contributed by atoms with Crippen molar-refractivity contribution in [1.29, 1.82) is 0 Å². The normalized spacial score (nSPS) is 16.7. The van der Waals surface area contributed by atoms with Crippen molar-refractivity contribution in [2.24, 2.45) is 0 Å². The molecular formula is C14H13BrN2O3. The van der Waals surface area contributed by atoms with Crippen LogP contribution in [0, 0.1) is 6.92 Å². The van der Waals surface area contributed by atoms with Crippen LogP contribution in [0.1, 0.15) is 11.5 Å². The van der Waals surface area contributed by atoms with Gasteiger partial charge in [-0.3, -0.25) is 4.79 Å². The average molecular weight is 337 g/mol. The van der Waals surface area contributed by atoms with E-state index in [0.717, 1.165) is 21.4 Å². The molecular weight excluding hydrogens is 324 g/mol. The van der Waals surface area contributed by atoms with E-state index in [2.05, 4.69) is 25.9 Å².